The number of para-hydroxylation sites is 2. The lowest BCUT2D eigenvalue weighted by Crippen LogP contribution is -2.00. The maximum absolute atomic E-state index is 6.85. The molecule has 0 saturated carbocycles. The van der Waals surface area contributed by atoms with Crippen molar-refractivity contribution in [3.63, 3.8) is 0 Å². The van der Waals surface area contributed by atoms with Crippen LogP contribution in [0.5, 0.6) is 0 Å². The van der Waals surface area contributed by atoms with Crippen LogP contribution in [0.1, 0.15) is 0 Å². The minimum Gasteiger partial charge on any atom is -0.455 e. The second-order valence-electron chi connectivity index (χ2n) is 12.8. The summed E-state index contributed by atoms with van der Waals surface area (Å²) in [5.41, 5.74) is 8.07. The van der Waals surface area contributed by atoms with E-state index in [4.69, 9.17) is 19.4 Å². The molecule has 0 aliphatic heterocycles. The smallest absolute Gasteiger partial charge is 0.165 e. The average molecular weight is 671 g/mol. The molecule has 0 fully saturated rings. The highest BCUT2D eigenvalue weighted by Crippen LogP contribution is 2.45. The fourth-order valence-corrected chi connectivity index (χ4v) is 8.76. The van der Waals surface area contributed by atoms with Gasteiger partial charge in [0.2, 0.25) is 0 Å². The van der Waals surface area contributed by atoms with Crippen molar-refractivity contribution in [2.75, 3.05) is 0 Å². The average Bonchev–Trinajstić information content (AvgIpc) is 3.87. The fraction of sp³-hybridized carbons (Fsp3) is 0. The van der Waals surface area contributed by atoms with Crippen molar-refractivity contribution in [2.24, 2.45) is 0 Å². The van der Waals surface area contributed by atoms with Crippen LogP contribution in [-0.2, 0) is 0 Å². The van der Waals surface area contributed by atoms with Gasteiger partial charge in [-0.1, -0.05) is 109 Å². The quantitative estimate of drug-likeness (QED) is 0.187. The summed E-state index contributed by atoms with van der Waals surface area (Å²) < 4.78 is 11.5. The molecule has 11 rings (SSSR count). The van der Waals surface area contributed by atoms with Gasteiger partial charge in [-0.05, 0) is 42.5 Å². The molecule has 0 bridgehead atoms. The molecule has 0 amide bonds. The van der Waals surface area contributed by atoms with Crippen LogP contribution in [-0.4, -0.2) is 19.5 Å². The van der Waals surface area contributed by atoms with Gasteiger partial charge in [-0.3, -0.25) is 0 Å². The van der Waals surface area contributed by atoms with Crippen LogP contribution in [0.3, 0.4) is 0 Å². The van der Waals surface area contributed by atoms with Crippen LogP contribution < -0.4 is 0 Å². The van der Waals surface area contributed by atoms with Gasteiger partial charge >= 0.3 is 0 Å². The summed E-state index contributed by atoms with van der Waals surface area (Å²) in [6.07, 6.45) is 0. The van der Waals surface area contributed by atoms with Crippen LogP contribution in [0.4, 0.5) is 0 Å². The molecule has 0 aliphatic rings. The van der Waals surface area contributed by atoms with Crippen molar-refractivity contribution in [1.82, 2.24) is 19.5 Å². The zero-order chi connectivity index (χ0) is 33.5. The van der Waals surface area contributed by atoms with E-state index in [9.17, 15) is 0 Å². The SMILES string of the molecule is c1ccc(-c2nc(-c3ccccc3)nc(-c3cccc4c3sc3ccc5c6ccc(-n7c8ccccc8c8ccccc87)cc6oc5c34)n2)cc1. The largest absolute Gasteiger partial charge is 0.455 e. The summed E-state index contributed by atoms with van der Waals surface area (Å²) in [6, 6.07) is 54.8. The van der Waals surface area contributed by atoms with Crippen LogP contribution >= 0.6 is 11.3 Å². The number of thiophene rings is 1. The summed E-state index contributed by atoms with van der Waals surface area (Å²) in [7, 11) is 0. The first-order valence-corrected chi connectivity index (χ1v) is 17.8. The van der Waals surface area contributed by atoms with E-state index in [1.165, 1.54) is 21.8 Å². The number of benzene rings is 7. The van der Waals surface area contributed by atoms with Gasteiger partial charge in [-0.25, -0.2) is 15.0 Å². The molecule has 51 heavy (non-hydrogen) atoms. The first-order chi connectivity index (χ1) is 25.3. The van der Waals surface area contributed by atoms with Crippen LogP contribution in [0.2, 0.25) is 0 Å². The monoisotopic (exact) mass is 670 g/mol. The minimum atomic E-state index is 0.649. The first-order valence-electron chi connectivity index (χ1n) is 16.9. The van der Waals surface area contributed by atoms with Gasteiger partial charge in [0.15, 0.2) is 17.5 Å². The Morgan fingerprint density at radius 3 is 1.75 bits per heavy atom. The predicted octanol–water partition coefficient (Wildman–Crippen LogP) is 12.2. The molecule has 238 valence electrons. The molecule has 4 aromatic heterocycles. The molecule has 6 heteroatoms. The molecule has 0 unspecified atom stereocenters. The lowest BCUT2D eigenvalue weighted by atomic mass is 10.1. The second kappa shape index (κ2) is 10.9. The Morgan fingerprint density at radius 2 is 1.06 bits per heavy atom. The summed E-state index contributed by atoms with van der Waals surface area (Å²) in [4.78, 5) is 15.0. The van der Waals surface area contributed by atoms with E-state index in [0.717, 1.165) is 64.5 Å². The third-order valence-corrected chi connectivity index (χ3v) is 11.1. The topological polar surface area (TPSA) is 56.7 Å². The van der Waals surface area contributed by atoms with E-state index in [1.54, 1.807) is 11.3 Å². The van der Waals surface area contributed by atoms with Gasteiger partial charge in [0.25, 0.3) is 0 Å². The number of hydrogen-bond acceptors (Lipinski definition) is 5. The molecule has 0 aliphatic carbocycles. The Morgan fingerprint density at radius 1 is 0.471 bits per heavy atom. The van der Waals surface area contributed by atoms with Crippen molar-refractivity contribution in [2.45, 2.75) is 0 Å². The zero-order valence-electron chi connectivity index (χ0n) is 27.1. The lowest BCUT2D eigenvalue weighted by molar-refractivity contribution is 0.672. The van der Waals surface area contributed by atoms with Crippen molar-refractivity contribution in [1.29, 1.82) is 0 Å². The van der Waals surface area contributed by atoms with Gasteiger partial charge in [0.05, 0.1) is 11.0 Å². The summed E-state index contributed by atoms with van der Waals surface area (Å²) in [5.74, 6) is 1.95. The van der Waals surface area contributed by atoms with Gasteiger partial charge in [-0.2, -0.15) is 0 Å². The maximum Gasteiger partial charge on any atom is 0.165 e. The van der Waals surface area contributed by atoms with Crippen molar-refractivity contribution in [3.05, 3.63) is 158 Å². The lowest BCUT2D eigenvalue weighted by Gasteiger charge is -2.09. The van der Waals surface area contributed by atoms with Crippen molar-refractivity contribution in [3.8, 4) is 39.9 Å². The molecule has 0 saturated heterocycles. The summed E-state index contributed by atoms with van der Waals surface area (Å²) in [5, 5.41) is 6.93. The Bertz CT molecular complexity index is 3030. The Kier molecular flexibility index (Phi) is 6.05. The van der Waals surface area contributed by atoms with Crippen molar-refractivity contribution >= 4 is 75.3 Å². The number of hydrogen-bond donors (Lipinski definition) is 0. The van der Waals surface area contributed by atoms with Gasteiger partial charge in [-0.15, -0.1) is 11.3 Å². The van der Waals surface area contributed by atoms with E-state index < -0.39 is 0 Å². The van der Waals surface area contributed by atoms with Crippen LogP contribution in [0, 0.1) is 0 Å². The van der Waals surface area contributed by atoms with Gasteiger partial charge in [0.1, 0.15) is 11.2 Å². The number of rotatable bonds is 4. The number of nitrogens with zero attached hydrogens (tertiary/aromatic N) is 4. The maximum atomic E-state index is 6.85. The standard InChI is InChI=1S/C45H26N4OS/c1-3-12-27(13-4-1)43-46-44(28-14-5-2-6-15-28)48-45(47-43)35-19-11-18-34-40-39(51-42(34)35)25-24-33-32-23-22-29(26-38(32)50-41(33)40)49-36-20-9-7-16-30(36)31-17-8-10-21-37(31)49/h1-26H. The van der Waals surface area contributed by atoms with Crippen molar-refractivity contribution < 1.29 is 4.42 Å². The molecule has 0 N–H and O–H groups in total. The highest BCUT2D eigenvalue weighted by molar-refractivity contribution is 7.26. The number of fused-ring (bicyclic) bond motifs is 10. The Balaban J connectivity index is 1.12. The van der Waals surface area contributed by atoms with Gasteiger partial charge in [0, 0.05) is 70.2 Å². The van der Waals surface area contributed by atoms with E-state index in [2.05, 4.69) is 102 Å². The third kappa shape index (κ3) is 4.30. The molecule has 11 aromatic rings. The summed E-state index contributed by atoms with van der Waals surface area (Å²) >= 11 is 1.75. The third-order valence-electron chi connectivity index (χ3n) is 9.86. The fourth-order valence-electron chi connectivity index (χ4n) is 7.55. The number of furan rings is 1. The Hall–Kier alpha value is -6.63. The molecule has 0 radical (unpaired) electrons. The Labute approximate surface area is 295 Å². The molecular formula is C45H26N4OS. The summed E-state index contributed by atoms with van der Waals surface area (Å²) in [6.45, 7) is 0. The molecular weight excluding hydrogens is 645 g/mol. The normalized spacial score (nSPS) is 11.9. The minimum absolute atomic E-state index is 0.649. The molecule has 7 aromatic carbocycles. The van der Waals surface area contributed by atoms with E-state index in [-0.39, 0.29) is 0 Å². The van der Waals surface area contributed by atoms with Gasteiger partial charge < -0.3 is 8.98 Å². The zero-order valence-corrected chi connectivity index (χ0v) is 27.9. The first kappa shape index (κ1) is 28.2. The van der Waals surface area contributed by atoms with E-state index in [1.807, 2.05) is 60.7 Å². The van der Waals surface area contributed by atoms with E-state index >= 15 is 0 Å². The molecule has 0 atom stereocenters. The molecule has 4 heterocycles. The highest BCUT2D eigenvalue weighted by Gasteiger charge is 2.20. The van der Waals surface area contributed by atoms with Crippen LogP contribution in [0.25, 0.3) is 104 Å². The molecule has 0 spiro atoms. The predicted molar refractivity (Wildman–Crippen MR) is 211 cm³/mol. The second-order valence-corrected chi connectivity index (χ2v) is 13.8. The number of aromatic nitrogens is 4. The van der Waals surface area contributed by atoms with Crippen LogP contribution in [0.15, 0.2) is 162 Å². The highest BCUT2D eigenvalue weighted by atomic mass is 32.1. The molecule has 5 nitrogen and oxygen atoms in total. The van der Waals surface area contributed by atoms with E-state index in [0.29, 0.717) is 17.5 Å².